The molecule has 0 fully saturated rings. The van der Waals surface area contributed by atoms with Gasteiger partial charge >= 0.3 is 0 Å². The molecule has 0 saturated heterocycles. The maximum Gasteiger partial charge on any atom is 0.0540 e. The third-order valence-corrected chi connectivity index (χ3v) is 12.5. The summed E-state index contributed by atoms with van der Waals surface area (Å²) in [4.78, 5) is 2.44. The van der Waals surface area contributed by atoms with Gasteiger partial charge in [-0.15, -0.1) is 0 Å². The first kappa shape index (κ1) is 34.1. The molecule has 11 rings (SSSR count). The molecule has 1 aliphatic carbocycles. The maximum absolute atomic E-state index is 2.44. The second-order valence-electron chi connectivity index (χ2n) is 16.1. The molecule has 0 amide bonds. The zero-order valence-corrected chi connectivity index (χ0v) is 32.7. The van der Waals surface area contributed by atoms with Crippen LogP contribution in [-0.2, 0) is 5.41 Å². The monoisotopic (exact) mass is 739 g/mol. The van der Waals surface area contributed by atoms with Crippen molar-refractivity contribution in [2.24, 2.45) is 0 Å². The molecule has 274 valence electrons. The highest BCUT2D eigenvalue weighted by Crippen LogP contribution is 2.54. The van der Waals surface area contributed by atoms with E-state index in [1.54, 1.807) is 0 Å². The lowest BCUT2D eigenvalue weighted by Gasteiger charge is -2.29. The molecule has 0 radical (unpaired) electrons. The van der Waals surface area contributed by atoms with E-state index in [-0.39, 0.29) is 5.41 Å². The molecular formula is C57H41N. The van der Waals surface area contributed by atoms with Crippen LogP contribution in [0.5, 0.6) is 0 Å². The lowest BCUT2D eigenvalue weighted by Crippen LogP contribution is -2.14. The van der Waals surface area contributed by atoms with Crippen molar-refractivity contribution in [3.63, 3.8) is 0 Å². The Bertz CT molecular complexity index is 3190. The number of hydrogen-bond donors (Lipinski definition) is 0. The van der Waals surface area contributed by atoms with E-state index in [4.69, 9.17) is 0 Å². The predicted octanol–water partition coefficient (Wildman–Crippen LogP) is 15.9. The van der Waals surface area contributed by atoms with E-state index in [1.165, 1.54) is 88.0 Å². The molecule has 0 heterocycles. The Hall–Kier alpha value is -7.22. The topological polar surface area (TPSA) is 3.24 Å². The lowest BCUT2D eigenvalue weighted by molar-refractivity contribution is 0.660. The summed E-state index contributed by atoms with van der Waals surface area (Å²) in [6.45, 7) is 4.72. The van der Waals surface area contributed by atoms with E-state index in [0.717, 1.165) is 17.1 Å². The molecule has 58 heavy (non-hydrogen) atoms. The van der Waals surface area contributed by atoms with E-state index < -0.39 is 0 Å². The van der Waals surface area contributed by atoms with Crippen LogP contribution in [0.2, 0.25) is 0 Å². The van der Waals surface area contributed by atoms with Crippen LogP contribution in [0.4, 0.5) is 17.1 Å². The zero-order valence-electron chi connectivity index (χ0n) is 32.7. The van der Waals surface area contributed by atoms with Crippen molar-refractivity contribution in [3.8, 4) is 44.5 Å². The van der Waals surface area contributed by atoms with Gasteiger partial charge in [0.25, 0.3) is 0 Å². The van der Waals surface area contributed by atoms with Crippen LogP contribution < -0.4 is 4.90 Å². The summed E-state index contributed by atoms with van der Waals surface area (Å²) < 4.78 is 0. The first-order valence-electron chi connectivity index (χ1n) is 20.3. The first-order valence-corrected chi connectivity index (χ1v) is 20.3. The van der Waals surface area contributed by atoms with Crippen molar-refractivity contribution >= 4 is 49.4 Å². The lowest BCUT2D eigenvalue weighted by atomic mass is 9.82. The summed E-state index contributed by atoms with van der Waals surface area (Å²) in [6.07, 6.45) is 0. The second-order valence-corrected chi connectivity index (χ2v) is 16.1. The molecule has 0 aliphatic heterocycles. The minimum Gasteiger partial charge on any atom is -0.310 e. The molecular weight excluding hydrogens is 699 g/mol. The maximum atomic E-state index is 2.44. The van der Waals surface area contributed by atoms with Crippen LogP contribution in [0, 0.1) is 0 Å². The third-order valence-electron chi connectivity index (χ3n) is 12.5. The van der Waals surface area contributed by atoms with Crippen LogP contribution >= 0.6 is 0 Å². The Morgan fingerprint density at radius 2 is 0.879 bits per heavy atom. The number of hydrogen-bond acceptors (Lipinski definition) is 1. The first-order chi connectivity index (χ1) is 28.5. The second kappa shape index (κ2) is 13.5. The Morgan fingerprint density at radius 3 is 1.69 bits per heavy atom. The molecule has 0 aromatic heterocycles. The molecule has 0 spiro atoms. The molecule has 0 atom stereocenters. The Balaban J connectivity index is 1.07. The Morgan fingerprint density at radius 1 is 0.328 bits per heavy atom. The van der Waals surface area contributed by atoms with Gasteiger partial charge in [0.05, 0.1) is 5.69 Å². The predicted molar refractivity (Wildman–Crippen MR) is 248 cm³/mol. The highest BCUT2D eigenvalue weighted by atomic mass is 15.1. The third kappa shape index (κ3) is 5.46. The van der Waals surface area contributed by atoms with Crippen molar-refractivity contribution in [2.45, 2.75) is 19.3 Å². The highest BCUT2D eigenvalue weighted by molar-refractivity contribution is 6.12. The van der Waals surface area contributed by atoms with Gasteiger partial charge in [0.15, 0.2) is 0 Å². The van der Waals surface area contributed by atoms with E-state index in [2.05, 4.69) is 231 Å². The van der Waals surface area contributed by atoms with E-state index in [1.807, 2.05) is 0 Å². The van der Waals surface area contributed by atoms with Gasteiger partial charge in [0, 0.05) is 22.4 Å². The fraction of sp³-hybridized carbons (Fsp3) is 0.0526. The zero-order chi connectivity index (χ0) is 38.8. The van der Waals surface area contributed by atoms with Crippen molar-refractivity contribution in [1.29, 1.82) is 0 Å². The number of rotatable bonds is 6. The minimum atomic E-state index is -0.0844. The van der Waals surface area contributed by atoms with E-state index in [0.29, 0.717) is 0 Å². The van der Waals surface area contributed by atoms with Crippen LogP contribution in [-0.4, -0.2) is 0 Å². The summed E-state index contributed by atoms with van der Waals surface area (Å²) in [6, 6.07) is 78.2. The van der Waals surface area contributed by atoms with E-state index in [9.17, 15) is 0 Å². The van der Waals surface area contributed by atoms with Crippen molar-refractivity contribution < 1.29 is 0 Å². The number of para-hydroxylation sites is 1. The molecule has 1 heteroatoms. The summed E-state index contributed by atoms with van der Waals surface area (Å²) in [7, 11) is 0. The van der Waals surface area contributed by atoms with Gasteiger partial charge in [0.2, 0.25) is 0 Å². The molecule has 0 saturated carbocycles. The van der Waals surface area contributed by atoms with Gasteiger partial charge in [-0.2, -0.15) is 0 Å². The fourth-order valence-electron chi connectivity index (χ4n) is 9.56. The molecule has 0 N–H and O–H groups in total. The number of fused-ring (bicyclic) bond motifs is 7. The fourth-order valence-corrected chi connectivity index (χ4v) is 9.56. The van der Waals surface area contributed by atoms with Crippen LogP contribution in [0.3, 0.4) is 0 Å². The summed E-state index contributed by atoms with van der Waals surface area (Å²) in [5.74, 6) is 0. The molecule has 10 aromatic rings. The van der Waals surface area contributed by atoms with E-state index >= 15 is 0 Å². The number of anilines is 3. The normalized spacial score (nSPS) is 12.8. The quantitative estimate of drug-likeness (QED) is 0.154. The molecule has 0 unspecified atom stereocenters. The largest absolute Gasteiger partial charge is 0.310 e. The van der Waals surface area contributed by atoms with Crippen molar-refractivity contribution in [3.05, 3.63) is 223 Å². The average Bonchev–Trinajstić information content (AvgIpc) is 3.52. The highest BCUT2D eigenvalue weighted by Gasteiger charge is 2.37. The Labute approximate surface area is 340 Å². The SMILES string of the molecule is CC1(C)c2ccccc2-c2c(-c3ccccc3N(c3ccc(-c4ccc5ccccc5c4)cc3)c3ccc(-c4cccc5c4ccc4ccccc45)cc3)cccc21. The van der Waals surface area contributed by atoms with Gasteiger partial charge in [-0.05, 0) is 119 Å². The van der Waals surface area contributed by atoms with Gasteiger partial charge in [-0.1, -0.05) is 190 Å². The summed E-state index contributed by atoms with van der Waals surface area (Å²) >= 11 is 0. The Kier molecular flexibility index (Phi) is 7.91. The van der Waals surface area contributed by atoms with Crippen LogP contribution in [0.15, 0.2) is 212 Å². The number of nitrogens with zero attached hydrogens (tertiary/aromatic N) is 1. The number of benzene rings is 10. The summed E-state index contributed by atoms with van der Waals surface area (Å²) in [5.41, 5.74) is 16.0. The van der Waals surface area contributed by atoms with Crippen LogP contribution in [0.1, 0.15) is 25.0 Å². The molecule has 10 aromatic carbocycles. The van der Waals surface area contributed by atoms with Gasteiger partial charge in [-0.25, -0.2) is 0 Å². The van der Waals surface area contributed by atoms with Gasteiger partial charge < -0.3 is 4.90 Å². The summed E-state index contributed by atoms with van der Waals surface area (Å²) in [5, 5.41) is 7.60. The van der Waals surface area contributed by atoms with Crippen LogP contribution in [0.25, 0.3) is 76.8 Å². The average molecular weight is 740 g/mol. The molecule has 0 bridgehead atoms. The van der Waals surface area contributed by atoms with Gasteiger partial charge in [-0.3, -0.25) is 0 Å². The van der Waals surface area contributed by atoms with Gasteiger partial charge in [0.1, 0.15) is 0 Å². The van der Waals surface area contributed by atoms with Crippen molar-refractivity contribution in [2.75, 3.05) is 4.90 Å². The smallest absolute Gasteiger partial charge is 0.0540 e. The van der Waals surface area contributed by atoms with Crippen molar-refractivity contribution in [1.82, 2.24) is 0 Å². The minimum absolute atomic E-state index is 0.0844. The molecule has 1 nitrogen and oxygen atoms in total. The molecule has 1 aliphatic rings. The standard InChI is InChI=1S/C57H41N/c1-57(2)53-22-9-7-18-52(53)56-51(21-12-23-54(56)57)50-17-8-10-24-55(50)58(44-32-27-39(28-33-44)43-26-25-38-13-3-4-15-42(38)37-43)45-34-29-41(30-35-45)47-19-11-20-48-46-16-6-5-14-40(46)31-36-49(47)48/h3-37H,1-2H3.